The highest BCUT2D eigenvalue weighted by Crippen LogP contribution is 2.29. The zero-order chi connectivity index (χ0) is 15.4. The summed E-state index contributed by atoms with van der Waals surface area (Å²) in [6.07, 6.45) is 0. The van der Waals surface area contributed by atoms with E-state index in [1.54, 1.807) is 19.1 Å². The summed E-state index contributed by atoms with van der Waals surface area (Å²) >= 11 is 0. The van der Waals surface area contributed by atoms with Crippen molar-refractivity contribution in [2.24, 2.45) is 0 Å². The summed E-state index contributed by atoms with van der Waals surface area (Å²) < 4.78 is 15.8. The minimum atomic E-state index is -0.662. The van der Waals surface area contributed by atoms with E-state index in [0.717, 1.165) is 5.39 Å². The highest BCUT2D eigenvalue weighted by Gasteiger charge is 2.20. The lowest BCUT2D eigenvalue weighted by Gasteiger charge is -2.02. The number of carbonyl (C=O) groups is 2. The van der Waals surface area contributed by atoms with Gasteiger partial charge in [-0.05, 0) is 32.0 Å². The van der Waals surface area contributed by atoms with Crippen LogP contribution in [0.25, 0.3) is 11.0 Å². The van der Waals surface area contributed by atoms with Crippen molar-refractivity contribution < 1.29 is 23.5 Å². The molecule has 0 unspecified atom stereocenters. The molecule has 0 aliphatic carbocycles. The smallest absolute Gasteiger partial charge is 0.375 e. The minimum Gasteiger partial charge on any atom is -0.494 e. The van der Waals surface area contributed by atoms with Gasteiger partial charge >= 0.3 is 5.97 Å². The molecule has 0 bridgehead atoms. The van der Waals surface area contributed by atoms with Gasteiger partial charge in [0.05, 0.1) is 6.61 Å². The lowest BCUT2D eigenvalue weighted by atomic mass is 10.1. The number of ether oxygens (including phenoxy) is 2. The molecule has 112 valence electrons. The fraction of sp³-hybridized carbons (Fsp3) is 0.333. The number of carbonyl (C=O) groups excluding carboxylic acids is 2. The molecule has 6 heteroatoms. The average Bonchev–Trinajstić information content (AvgIpc) is 2.82. The van der Waals surface area contributed by atoms with Gasteiger partial charge in [-0.2, -0.15) is 0 Å². The average molecular weight is 291 g/mol. The SMILES string of the molecule is CCOc1ccc2oc(C(=O)OCC(=O)NC)c(C)c2c1. The van der Waals surface area contributed by atoms with Crippen LogP contribution in [0.4, 0.5) is 0 Å². The zero-order valence-corrected chi connectivity index (χ0v) is 12.2. The molecule has 21 heavy (non-hydrogen) atoms. The monoisotopic (exact) mass is 291 g/mol. The number of esters is 1. The Bertz CT molecular complexity index is 674. The number of fused-ring (bicyclic) bond motifs is 1. The van der Waals surface area contributed by atoms with Gasteiger partial charge in [0.2, 0.25) is 5.76 Å². The molecule has 0 spiro atoms. The van der Waals surface area contributed by atoms with Gasteiger partial charge in [0, 0.05) is 18.0 Å². The summed E-state index contributed by atoms with van der Waals surface area (Å²) in [5, 5.41) is 3.16. The molecule has 0 saturated heterocycles. The molecule has 2 rings (SSSR count). The van der Waals surface area contributed by atoms with E-state index in [1.807, 2.05) is 13.0 Å². The quantitative estimate of drug-likeness (QED) is 0.853. The Labute approximate surface area is 122 Å². The zero-order valence-electron chi connectivity index (χ0n) is 12.2. The van der Waals surface area contributed by atoms with Crippen LogP contribution in [-0.4, -0.2) is 32.1 Å². The van der Waals surface area contributed by atoms with Crippen LogP contribution in [0.3, 0.4) is 0 Å². The predicted octanol–water partition coefficient (Wildman–Crippen LogP) is 2.04. The fourth-order valence-corrected chi connectivity index (χ4v) is 1.92. The Morgan fingerprint density at radius 1 is 1.33 bits per heavy atom. The van der Waals surface area contributed by atoms with Crippen molar-refractivity contribution in [2.45, 2.75) is 13.8 Å². The van der Waals surface area contributed by atoms with Gasteiger partial charge in [-0.3, -0.25) is 4.79 Å². The number of furan rings is 1. The van der Waals surface area contributed by atoms with Gasteiger partial charge in [0.25, 0.3) is 5.91 Å². The van der Waals surface area contributed by atoms with Gasteiger partial charge in [-0.1, -0.05) is 0 Å². The number of rotatable bonds is 5. The van der Waals surface area contributed by atoms with Crippen LogP contribution in [0.15, 0.2) is 22.6 Å². The lowest BCUT2D eigenvalue weighted by Crippen LogP contribution is -2.25. The number of aryl methyl sites for hydroxylation is 1. The first kappa shape index (κ1) is 14.9. The van der Waals surface area contributed by atoms with Crippen LogP contribution in [0, 0.1) is 6.92 Å². The van der Waals surface area contributed by atoms with Crippen molar-refractivity contribution in [1.82, 2.24) is 5.32 Å². The van der Waals surface area contributed by atoms with Crippen molar-refractivity contribution in [3.05, 3.63) is 29.5 Å². The van der Waals surface area contributed by atoms with Crippen molar-refractivity contribution in [3.63, 3.8) is 0 Å². The van der Waals surface area contributed by atoms with E-state index in [4.69, 9.17) is 13.9 Å². The molecule has 2 aromatic rings. The molecular weight excluding hydrogens is 274 g/mol. The second kappa shape index (κ2) is 6.30. The van der Waals surface area contributed by atoms with Crippen LogP contribution in [0.5, 0.6) is 5.75 Å². The third-order valence-electron chi connectivity index (χ3n) is 3.02. The maximum absolute atomic E-state index is 11.9. The first-order valence-corrected chi connectivity index (χ1v) is 6.60. The molecule has 1 aromatic heterocycles. The Hall–Kier alpha value is -2.50. The van der Waals surface area contributed by atoms with Crippen molar-refractivity contribution in [1.29, 1.82) is 0 Å². The third kappa shape index (κ3) is 3.16. The Morgan fingerprint density at radius 3 is 2.76 bits per heavy atom. The molecule has 0 aliphatic heterocycles. The van der Waals surface area contributed by atoms with E-state index in [9.17, 15) is 9.59 Å². The van der Waals surface area contributed by atoms with Gasteiger partial charge < -0.3 is 19.2 Å². The van der Waals surface area contributed by atoms with Crippen LogP contribution in [-0.2, 0) is 9.53 Å². The van der Waals surface area contributed by atoms with E-state index in [0.29, 0.717) is 23.5 Å². The van der Waals surface area contributed by atoms with Crippen LogP contribution in [0.1, 0.15) is 23.0 Å². The molecule has 1 N–H and O–H groups in total. The first-order chi connectivity index (χ1) is 10.1. The van der Waals surface area contributed by atoms with Crippen molar-refractivity contribution >= 4 is 22.8 Å². The number of amides is 1. The summed E-state index contributed by atoms with van der Waals surface area (Å²) in [6.45, 7) is 3.88. The van der Waals surface area contributed by atoms with Gasteiger partial charge in [-0.25, -0.2) is 4.79 Å². The van der Waals surface area contributed by atoms with Crippen LogP contribution < -0.4 is 10.1 Å². The van der Waals surface area contributed by atoms with E-state index in [-0.39, 0.29) is 18.3 Å². The van der Waals surface area contributed by atoms with E-state index in [1.165, 1.54) is 7.05 Å². The van der Waals surface area contributed by atoms with Gasteiger partial charge in [0.1, 0.15) is 11.3 Å². The van der Waals surface area contributed by atoms with Crippen molar-refractivity contribution in [2.75, 3.05) is 20.3 Å². The first-order valence-electron chi connectivity index (χ1n) is 6.60. The standard InChI is InChI=1S/C15H17NO5/c1-4-19-10-5-6-12-11(7-10)9(2)14(21-12)15(18)20-8-13(17)16-3/h5-7H,4,8H2,1-3H3,(H,16,17). The van der Waals surface area contributed by atoms with Crippen LogP contribution in [0.2, 0.25) is 0 Å². The Balaban J connectivity index is 2.26. The Kier molecular flexibility index (Phi) is 4.47. The number of benzene rings is 1. The predicted molar refractivity (Wildman–Crippen MR) is 76.5 cm³/mol. The molecule has 6 nitrogen and oxygen atoms in total. The van der Waals surface area contributed by atoms with E-state index in [2.05, 4.69) is 5.32 Å². The largest absolute Gasteiger partial charge is 0.494 e. The summed E-state index contributed by atoms with van der Waals surface area (Å²) in [6, 6.07) is 5.32. The highest BCUT2D eigenvalue weighted by molar-refractivity contribution is 5.97. The Morgan fingerprint density at radius 2 is 2.10 bits per heavy atom. The molecule has 0 aliphatic rings. The summed E-state index contributed by atoms with van der Waals surface area (Å²) in [7, 11) is 1.47. The summed E-state index contributed by atoms with van der Waals surface area (Å²) in [4.78, 5) is 23.0. The molecule has 0 fully saturated rings. The lowest BCUT2D eigenvalue weighted by molar-refractivity contribution is -0.123. The summed E-state index contributed by atoms with van der Waals surface area (Å²) in [5.41, 5.74) is 1.23. The fourth-order valence-electron chi connectivity index (χ4n) is 1.92. The molecule has 1 aromatic carbocycles. The number of hydrogen-bond acceptors (Lipinski definition) is 5. The van der Waals surface area contributed by atoms with E-state index >= 15 is 0 Å². The maximum atomic E-state index is 11.9. The second-order valence-corrected chi connectivity index (χ2v) is 4.40. The number of nitrogens with one attached hydrogen (secondary N) is 1. The van der Waals surface area contributed by atoms with E-state index < -0.39 is 5.97 Å². The van der Waals surface area contributed by atoms with Gasteiger partial charge in [0.15, 0.2) is 6.61 Å². The van der Waals surface area contributed by atoms with Crippen molar-refractivity contribution in [3.8, 4) is 5.75 Å². The topological polar surface area (TPSA) is 77.8 Å². The normalized spacial score (nSPS) is 10.4. The van der Waals surface area contributed by atoms with Crippen LogP contribution >= 0.6 is 0 Å². The molecule has 1 heterocycles. The molecule has 1 amide bonds. The number of likely N-dealkylation sites (N-methyl/N-ethyl adjacent to an activating group) is 1. The highest BCUT2D eigenvalue weighted by atomic mass is 16.5. The molecule has 0 radical (unpaired) electrons. The summed E-state index contributed by atoms with van der Waals surface area (Å²) in [5.74, 6) is -0.234. The molecular formula is C15H17NO5. The van der Waals surface area contributed by atoms with Gasteiger partial charge in [-0.15, -0.1) is 0 Å². The maximum Gasteiger partial charge on any atom is 0.375 e. The third-order valence-corrected chi connectivity index (χ3v) is 3.02. The minimum absolute atomic E-state index is 0.0996. The second-order valence-electron chi connectivity index (χ2n) is 4.40. The molecule has 0 saturated carbocycles. The molecule has 0 atom stereocenters. The number of hydrogen-bond donors (Lipinski definition) is 1.